The minimum absolute atomic E-state index is 0.00174. The van der Waals surface area contributed by atoms with Gasteiger partial charge in [0.1, 0.15) is 5.57 Å². The highest BCUT2D eigenvalue weighted by Crippen LogP contribution is 2.30. The number of rotatable bonds is 4. The third-order valence-electron chi connectivity index (χ3n) is 5.99. The Morgan fingerprint density at radius 3 is 2.50 bits per heavy atom. The van der Waals surface area contributed by atoms with Gasteiger partial charge in [0.25, 0.3) is 11.8 Å². The number of thiocarbonyl (C=S) groups is 1. The number of anilines is 1. The van der Waals surface area contributed by atoms with Crippen LogP contribution in [-0.2, 0) is 16.1 Å². The lowest BCUT2D eigenvalue weighted by Crippen LogP contribution is -2.54. The Kier molecular flexibility index (Phi) is 6.62. The van der Waals surface area contributed by atoms with Gasteiger partial charge in [-0.1, -0.05) is 65.1 Å². The number of halogens is 3. The molecule has 1 aromatic heterocycles. The monoisotopic (exact) mass is 553 g/mol. The van der Waals surface area contributed by atoms with Gasteiger partial charge in [0.2, 0.25) is 0 Å². The lowest BCUT2D eigenvalue weighted by Gasteiger charge is -2.29. The summed E-state index contributed by atoms with van der Waals surface area (Å²) in [6, 6.07) is 18.3. The molecular weight excluding hydrogens is 537 g/mol. The molecule has 36 heavy (non-hydrogen) atoms. The highest BCUT2D eigenvalue weighted by Gasteiger charge is 2.35. The van der Waals surface area contributed by atoms with Crippen molar-refractivity contribution in [2.45, 2.75) is 13.5 Å². The predicted molar refractivity (Wildman–Crippen MR) is 150 cm³/mol. The highest BCUT2D eigenvalue weighted by atomic mass is 35.5. The third-order valence-corrected chi connectivity index (χ3v) is 7.27. The summed E-state index contributed by atoms with van der Waals surface area (Å²) in [4.78, 5) is 27.6. The molecule has 2 heterocycles. The Morgan fingerprint density at radius 2 is 1.75 bits per heavy atom. The number of benzene rings is 3. The number of aromatic nitrogens is 1. The van der Waals surface area contributed by atoms with E-state index in [1.807, 2.05) is 48.0 Å². The first-order valence-corrected chi connectivity index (χ1v) is 12.5. The molecule has 1 fully saturated rings. The average molecular weight is 555 g/mol. The number of hydrogen-bond donors (Lipinski definition) is 1. The first-order valence-electron chi connectivity index (χ1n) is 10.9. The van der Waals surface area contributed by atoms with Gasteiger partial charge >= 0.3 is 0 Å². The van der Waals surface area contributed by atoms with Crippen LogP contribution in [0.4, 0.5) is 5.69 Å². The number of carbonyl (C=O) groups is 2. The number of aryl methyl sites for hydroxylation is 1. The van der Waals surface area contributed by atoms with Gasteiger partial charge in [-0.05, 0) is 66.7 Å². The Hall–Kier alpha value is -3.16. The zero-order chi connectivity index (χ0) is 25.6. The van der Waals surface area contributed by atoms with E-state index in [9.17, 15) is 9.59 Å². The van der Waals surface area contributed by atoms with Crippen molar-refractivity contribution in [3.05, 3.63) is 104 Å². The topological polar surface area (TPSA) is 54.3 Å². The van der Waals surface area contributed by atoms with E-state index in [0.29, 0.717) is 32.9 Å². The van der Waals surface area contributed by atoms with Crippen LogP contribution in [-0.4, -0.2) is 21.5 Å². The zero-order valence-corrected chi connectivity index (χ0v) is 22.0. The summed E-state index contributed by atoms with van der Waals surface area (Å²) in [5.41, 5.74) is 3.84. The maximum absolute atomic E-state index is 13.5. The molecule has 4 aromatic rings. The molecule has 0 unspecified atom stereocenters. The number of para-hydroxylation sites is 1. The third kappa shape index (κ3) is 4.53. The van der Waals surface area contributed by atoms with Gasteiger partial charge in [0, 0.05) is 44.3 Å². The van der Waals surface area contributed by atoms with Crippen molar-refractivity contribution in [1.29, 1.82) is 0 Å². The number of amides is 2. The standard InChI is InChI=1S/C27H18Cl3N3O2S/c1-15-6-9-19(12-22(15)29)33-26(35)21(25(34)31-27(33)36)10-17-14-32(24-5-3-2-4-20(17)24)13-16-7-8-18(28)11-23(16)30/h2-12,14H,13H2,1H3,(H,31,34,36)/b21-10+. The van der Waals surface area contributed by atoms with Crippen molar-refractivity contribution in [1.82, 2.24) is 9.88 Å². The smallest absolute Gasteiger partial charge is 0.270 e. The van der Waals surface area contributed by atoms with Gasteiger partial charge in [-0.25, -0.2) is 0 Å². The molecule has 1 saturated heterocycles. The summed E-state index contributed by atoms with van der Waals surface area (Å²) in [5.74, 6) is -1.08. The van der Waals surface area contributed by atoms with Crippen molar-refractivity contribution in [2.75, 3.05) is 4.90 Å². The molecule has 0 atom stereocenters. The summed E-state index contributed by atoms with van der Waals surface area (Å²) in [6.07, 6.45) is 3.48. The molecule has 1 aliphatic heterocycles. The zero-order valence-electron chi connectivity index (χ0n) is 18.9. The van der Waals surface area contributed by atoms with Crippen LogP contribution in [0.3, 0.4) is 0 Å². The number of hydrogen-bond acceptors (Lipinski definition) is 3. The van der Waals surface area contributed by atoms with Crippen LogP contribution in [0.15, 0.2) is 72.4 Å². The molecule has 0 aliphatic carbocycles. The van der Waals surface area contributed by atoms with Crippen LogP contribution in [0.25, 0.3) is 17.0 Å². The molecule has 1 aliphatic rings. The van der Waals surface area contributed by atoms with Gasteiger partial charge in [-0.2, -0.15) is 0 Å². The maximum atomic E-state index is 13.5. The number of fused-ring (bicyclic) bond motifs is 1. The summed E-state index contributed by atoms with van der Waals surface area (Å²) in [7, 11) is 0. The second kappa shape index (κ2) is 9.71. The summed E-state index contributed by atoms with van der Waals surface area (Å²) >= 11 is 24.0. The first kappa shape index (κ1) is 24.5. The Balaban J connectivity index is 1.57. The second-order valence-electron chi connectivity index (χ2n) is 8.36. The summed E-state index contributed by atoms with van der Waals surface area (Å²) in [6.45, 7) is 2.35. The van der Waals surface area contributed by atoms with Crippen LogP contribution in [0, 0.1) is 6.92 Å². The van der Waals surface area contributed by atoms with Gasteiger partial charge in [-0.3, -0.25) is 19.8 Å². The van der Waals surface area contributed by atoms with E-state index in [-0.39, 0.29) is 10.7 Å². The van der Waals surface area contributed by atoms with E-state index < -0.39 is 11.8 Å². The first-order chi connectivity index (χ1) is 17.2. The van der Waals surface area contributed by atoms with Crippen LogP contribution in [0.1, 0.15) is 16.7 Å². The molecule has 0 radical (unpaired) electrons. The fourth-order valence-electron chi connectivity index (χ4n) is 4.12. The molecule has 0 bridgehead atoms. The molecule has 2 amide bonds. The van der Waals surface area contributed by atoms with E-state index >= 15 is 0 Å². The minimum atomic E-state index is -0.558. The van der Waals surface area contributed by atoms with E-state index in [2.05, 4.69) is 5.32 Å². The molecule has 3 aromatic carbocycles. The van der Waals surface area contributed by atoms with Crippen molar-refractivity contribution in [3.63, 3.8) is 0 Å². The predicted octanol–water partition coefficient (Wildman–Crippen LogP) is 6.79. The van der Waals surface area contributed by atoms with Crippen molar-refractivity contribution in [3.8, 4) is 0 Å². The Labute approximate surface area is 227 Å². The SMILES string of the molecule is Cc1ccc(N2C(=O)/C(=C/c3cn(Cc4ccc(Cl)cc4Cl)c4ccccc34)C(=O)NC2=S)cc1Cl. The molecular formula is C27H18Cl3N3O2S. The van der Waals surface area contributed by atoms with E-state index in [1.54, 1.807) is 36.4 Å². The number of nitrogens with one attached hydrogen (secondary N) is 1. The average Bonchev–Trinajstić information content (AvgIpc) is 3.18. The van der Waals surface area contributed by atoms with Gasteiger partial charge in [0.05, 0.1) is 5.69 Å². The van der Waals surface area contributed by atoms with Crippen LogP contribution >= 0.6 is 47.0 Å². The van der Waals surface area contributed by atoms with Crippen LogP contribution < -0.4 is 10.2 Å². The van der Waals surface area contributed by atoms with Gasteiger partial charge in [-0.15, -0.1) is 0 Å². The summed E-state index contributed by atoms with van der Waals surface area (Å²) in [5, 5.41) is 5.12. The normalized spacial score (nSPS) is 15.2. The Morgan fingerprint density at radius 1 is 0.972 bits per heavy atom. The fraction of sp³-hybridized carbons (Fsp3) is 0.0741. The van der Waals surface area contributed by atoms with Gasteiger partial charge in [0.15, 0.2) is 5.11 Å². The van der Waals surface area contributed by atoms with E-state index in [4.69, 9.17) is 47.0 Å². The minimum Gasteiger partial charge on any atom is -0.342 e. The lowest BCUT2D eigenvalue weighted by atomic mass is 10.1. The van der Waals surface area contributed by atoms with Gasteiger partial charge < -0.3 is 4.57 Å². The number of nitrogens with zero attached hydrogens (tertiary/aromatic N) is 2. The summed E-state index contributed by atoms with van der Waals surface area (Å²) < 4.78 is 2.02. The largest absolute Gasteiger partial charge is 0.342 e. The van der Waals surface area contributed by atoms with Crippen LogP contribution in [0.2, 0.25) is 15.1 Å². The van der Waals surface area contributed by atoms with Crippen molar-refractivity contribution >= 4 is 86.6 Å². The van der Waals surface area contributed by atoms with Crippen molar-refractivity contribution in [2.24, 2.45) is 0 Å². The van der Waals surface area contributed by atoms with Crippen LogP contribution in [0.5, 0.6) is 0 Å². The highest BCUT2D eigenvalue weighted by molar-refractivity contribution is 7.80. The Bertz CT molecular complexity index is 1610. The van der Waals surface area contributed by atoms with E-state index in [0.717, 1.165) is 22.0 Å². The molecule has 5 nitrogen and oxygen atoms in total. The molecule has 5 rings (SSSR count). The maximum Gasteiger partial charge on any atom is 0.270 e. The molecule has 0 saturated carbocycles. The molecule has 180 valence electrons. The fourth-order valence-corrected chi connectivity index (χ4v) is 5.05. The molecule has 9 heteroatoms. The molecule has 1 N–H and O–H groups in total. The van der Waals surface area contributed by atoms with Crippen molar-refractivity contribution < 1.29 is 9.59 Å². The lowest BCUT2D eigenvalue weighted by molar-refractivity contribution is -0.122. The van der Waals surface area contributed by atoms with E-state index in [1.165, 1.54) is 4.90 Å². The molecule has 0 spiro atoms. The second-order valence-corrected chi connectivity index (χ2v) is 9.99. The quantitative estimate of drug-likeness (QED) is 0.172. The number of carbonyl (C=O) groups excluding carboxylic acids is 2.